The number of nitro groups is 1. The monoisotopic (exact) mass is 383 g/mol. The average Bonchev–Trinajstić information content (AvgIpc) is 2.97. The van der Waals surface area contributed by atoms with Crippen molar-refractivity contribution in [1.29, 1.82) is 0 Å². The van der Waals surface area contributed by atoms with E-state index < -0.39 is 10.8 Å². The van der Waals surface area contributed by atoms with Crippen molar-refractivity contribution in [1.82, 2.24) is 9.78 Å². The number of rotatable bonds is 5. The molecule has 0 aliphatic rings. The smallest absolute Gasteiger partial charge is 0.265 e. The number of hydrogen-bond donors (Lipinski definition) is 0. The first-order valence-electron chi connectivity index (χ1n) is 7.93. The van der Waals surface area contributed by atoms with Crippen LogP contribution >= 0.6 is 11.6 Å². The fraction of sp³-hybridized carbons (Fsp3) is 0.111. The van der Waals surface area contributed by atoms with Gasteiger partial charge in [-0.3, -0.25) is 14.9 Å². The Bertz CT molecular complexity index is 1030. The summed E-state index contributed by atoms with van der Waals surface area (Å²) >= 11 is 6.39. The summed E-state index contributed by atoms with van der Waals surface area (Å²) in [5.74, 6) is -0.664. The molecule has 0 spiro atoms. The third kappa shape index (κ3) is 4.06. The normalized spacial score (nSPS) is 11.0. The SMILES string of the molecule is Cc1nn(-c2ccccc2)c(Cl)c1CN=NC(=O)c1cccc([N+](=O)[O-])c1. The Kier molecular flexibility index (Phi) is 5.37. The lowest BCUT2D eigenvalue weighted by Crippen LogP contribution is -1.97. The number of amides is 1. The highest BCUT2D eigenvalue weighted by Gasteiger charge is 2.15. The third-order valence-electron chi connectivity index (χ3n) is 3.82. The molecule has 0 N–H and O–H groups in total. The fourth-order valence-corrected chi connectivity index (χ4v) is 2.76. The van der Waals surface area contributed by atoms with E-state index in [1.165, 1.54) is 18.2 Å². The zero-order chi connectivity index (χ0) is 19.4. The van der Waals surface area contributed by atoms with Crippen molar-refractivity contribution in [2.75, 3.05) is 0 Å². The van der Waals surface area contributed by atoms with Crippen LogP contribution in [0.25, 0.3) is 5.69 Å². The second-order valence-corrected chi connectivity index (χ2v) is 5.97. The first-order valence-corrected chi connectivity index (χ1v) is 8.31. The van der Waals surface area contributed by atoms with Crippen LogP contribution in [0.2, 0.25) is 5.15 Å². The van der Waals surface area contributed by atoms with E-state index in [1.807, 2.05) is 30.3 Å². The highest BCUT2D eigenvalue weighted by atomic mass is 35.5. The fourth-order valence-electron chi connectivity index (χ4n) is 2.43. The van der Waals surface area contributed by atoms with Gasteiger partial charge < -0.3 is 0 Å². The van der Waals surface area contributed by atoms with Gasteiger partial charge in [0.25, 0.3) is 11.6 Å². The predicted molar refractivity (Wildman–Crippen MR) is 99.3 cm³/mol. The number of aryl methyl sites for hydroxylation is 1. The number of benzene rings is 2. The number of carbonyl (C=O) groups excluding carboxylic acids is 1. The van der Waals surface area contributed by atoms with Gasteiger partial charge in [0, 0.05) is 17.7 Å². The van der Waals surface area contributed by atoms with Crippen molar-refractivity contribution < 1.29 is 9.72 Å². The van der Waals surface area contributed by atoms with Gasteiger partial charge in [-0.2, -0.15) is 10.2 Å². The van der Waals surface area contributed by atoms with Crippen LogP contribution in [0, 0.1) is 17.0 Å². The molecule has 0 saturated carbocycles. The molecule has 0 aliphatic heterocycles. The Morgan fingerprint density at radius 2 is 1.96 bits per heavy atom. The van der Waals surface area contributed by atoms with Crippen LogP contribution in [0.3, 0.4) is 0 Å². The van der Waals surface area contributed by atoms with Gasteiger partial charge in [-0.15, -0.1) is 5.11 Å². The van der Waals surface area contributed by atoms with Crippen LogP contribution in [0.4, 0.5) is 5.69 Å². The summed E-state index contributed by atoms with van der Waals surface area (Å²) in [6, 6.07) is 14.7. The summed E-state index contributed by atoms with van der Waals surface area (Å²) < 4.78 is 1.59. The molecule has 0 aliphatic carbocycles. The molecule has 8 nitrogen and oxygen atoms in total. The molecule has 136 valence electrons. The van der Waals surface area contributed by atoms with E-state index >= 15 is 0 Å². The van der Waals surface area contributed by atoms with E-state index in [0.29, 0.717) is 16.4 Å². The quantitative estimate of drug-likeness (QED) is 0.366. The maximum atomic E-state index is 12.1. The van der Waals surface area contributed by atoms with Crippen molar-refractivity contribution in [3.8, 4) is 5.69 Å². The average molecular weight is 384 g/mol. The van der Waals surface area contributed by atoms with E-state index in [-0.39, 0.29) is 17.8 Å². The van der Waals surface area contributed by atoms with Crippen molar-refractivity contribution in [3.05, 3.63) is 86.7 Å². The molecule has 27 heavy (non-hydrogen) atoms. The molecule has 1 amide bonds. The van der Waals surface area contributed by atoms with Crippen LogP contribution in [0.5, 0.6) is 0 Å². The molecule has 0 fully saturated rings. The Labute approximate surface area is 159 Å². The van der Waals surface area contributed by atoms with E-state index in [2.05, 4.69) is 15.3 Å². The lowest BCUT2D eigenvalue weighted by Gasteiger charge is -2.02. The number of non-ortho nitro benzene ring substituents is 1. The molecule has 3 aromatic rings. The summed E-state index contributed by atoms with van der Waals surface area (Å²) in [4.78, 5) is 22.3. The molecule has 0 saturated heterocycles. The first kappa shape index (κ1) is 18.4. The topological polar surface area (TPSA) is 103 Å². The van der Waals surface area contributed by atoms with Gasteiger partial charge >= 0.3 is 0 Å². The second-order valence-electron chi connectivity index (χ2n) is 5.61. The summed E-state index contributed by atoms with van der Waals surface area (Å²) in [6.07, 6.45) is 0. The highest BCUT2D eigenvalue weighted by Crippen LogP contribution is 2.24. The van der Waals surface area contributed by atoms with Gasteiger partial charge in [0.15, 0.2) is 0 Å². The molecule has 0 radical (unpaired) electrons. The summed E-state index contributed by atoms with van der Waals surface area (Å²) in [7, 11) is 0. The van der Waals surface area contributed by atoms with Crippen LogP contribution in [-0.4, -0.2) is 20.6 Å². The number of hydrogen-bond acceptors (Lipinski definition) is 5. The first-order chi connectivity index (χ1) is 13.0. The molecular weight excluding hydrogens is 370 g/mol. The van der Waals surface area contributed by atoms with Crippen molar-refractivity contribution in [2.45, 2.75) is 13.5 Å². The number of para-hydroxylation sites is 1. The summed E-state index contributed by atoms with van der Waals surface area (Å²) in [5.41, 5.74) is 2.04. The maximum Gasteiger partial charge on any atom is 0.295 e. The Morgan fingerprint density at radius 3 is 2.67 bits per heavy atom. The lowest BCUT2D eigenvalue weighted by atomic mass is 10.2. The second kappa shape index (κ2) is 7.88. The zero-order valence-corrected chi connectivity index (χ0v) is 15.0. The van der Waals surface area contributed by atoms with Gasteiger partial charge in [0.2, 0.25) is 0 Å². The van der Waals surface area contributed by atoms with Crippen LogP contribution in [0.1, 0.15) is 21.6 Å². The third-order valence-corrected chi connectivity index (χ3v) is 4.20. The van der Waals surface area contributed by atoms with E-state index in [4.69, 9.17) is 11.6 Å². The van der Waals surface area contributed by atoms with E-state index in [9.17, 15) is 14.9 Å². The molecular formula is C18H14ClN5O3. The maximum absolute atomic E-state index is 12.1. The summed E-state index contributed by atoms with van der Waals surface area (Å²) in [5, 5.41) is 23.1. The van der Waals surface area contributed by atoms with Gasteiger partial charge in [-0.25, -0.2) is 4.68 Å². The van der Waals surface area contributed by atoms with Crippen molar-refractivity contribution >= 4 is 23.2 Å². The zero-order valence-electron chi connectivity index (χ0n) is 14.2. The number of aromatic nitrogens is 2. The molecule has 0 atom stereocenters. The molecule has 3 rings (SSSR count). The Hall–Kier alpha value is -3.39. The number of carbonyl (C=O) groups is 1. The van der Waals surface area contributed by atoms with E-state index in [1.54, 1.807) is 11.6 Å². The molecule has 1 aromatic heterocycles. The molecule has 9 heteroatoms. The number of nitrogens with zero attached hydrogens (tertiary/aromatic N) is 5. The largest absolute Gasteiger partial charge is 0.295 e. The molecule has 1 heterocycles. The van der Waals surface area contributed by atoms with Gasteiger partial charge in [0.05, 0.1) is 28.4 Å². The number of azo groups is 1. The van der Waals surface area contributed by atoms with Crippen LogP contribution in [0.15, 0.2) is 64.8 Å². The standard InChI is InChI=1S/C18H14ClN5O3/c1-12-16(17(19)23(22-12)14-7-3-2-4-8-14)11-20-21-18(25)13-6-5-9-15(10-13)24(26)27/h2-10H,11H2,1H3. The minimum Gasteiger partial charge on any atom is -0.265 e. The Balaban J connectivity index is 1.77. The van der Waals surface area contributed by atoms with Crippen molar-refractivity contribution in [3.63, 3.8) is 0 Å². The minimum absolute atomic E-state index is 0.0676. The molecule has 0 unspecified atom stereocenters. The number of halogens is 1. The summed E-state index contributed by atoms with van der Waals surface area (Å²) in [6.45, 7) is 1.86. The van der Waals surface area contributed by atoms with Crippen LogP contribution in [-0.2, 0) is 6.54 Å². The Morgan fingerprint density at radius 1 is 1.22 bits per heavy atom. The molecule has 2 aromatic carbocycles. The lowest BCUT2D eigenvalue weighted by molar-refractivity contribution is -0.384. The van der Waals surface area contributed by atoms with E-state index in [0.717, 1.165) is 11.8 Å². The minimum atomic E-state index is -0.664. The highest BCUT2D eigenvalue weighted by molar-refractivity contribution is 6.30. The van der Waals surface area contributed by atoms with Crippen LogP contribution < -0.4 is 0 Å². The predicted octanol–water partition coefficient (Wildman–Crippen LogP) is 4.53. The molecule has 0 bridgehead atoms. The van der Waals surface area contributed by atoms with Gasteiger partial charge in [0.1, 0.15) is 5.15 Å². The van der Waals surface area contributed by atoms with Gasteiger partial charge in [-0.05, 0) is 25.1 Å². The van der Waals surface area contributed by atoms with Gasteiger partial charge in [-0.1, -0.05) is 35.9 Å². The van der Waals surface area contributed by atoms with Crippen molar-refractivity contribution in [2.24, 2.45) is 10.2 Å². The number of nitro benzene ring substituents is 1.